The fourth-order valence-corrected chi connectivity index (χ4v) is 3.49. The zero-order valence-corrected chi connectivity index (χ0v) is 15.1. The summed E-state index contributed by atoms with van der Waals surface area (Å²) in [5.74, 6) is 0. The number of hydrogen-bond acceptors (Lipinski definition) is 2. The lowest BCUT2D eigenvalue weighted by Crippen LogP contribution is -1.87. The normalized spacial score (nSPS) is 10.5. The van der Waals surface area contributed by atoms with Gasteiger partial charge in [-0.05, 0) is 58.5 Å². The minimum Gasteiger partial charge on any atom is -0.326 e. The molecule has 126 valence electrons. The first-order valence-electron chi connectivity index (χ1n) is 8.62. The Kier molecular flexibility index (Phi) is 5.04. The van der Waals surface area contributed by atoms with E-state index < -0.39 is 0 Å². The lowest BCUT2D eigenvalue weighted by Gasteiger charge is -2.09. The van der Waals surface area contributed by atoms with Gasteiger partial charge in [-0.25, -0.2) is 0 Å². The standard InChI is InChI=1S/C24H19NS/c1-3-8-19(9-4-1)21-14-16-24(17-15-21)26-25-23-13-7-12-22(18-23)20-10-5-2-6-11-20/h1-18,25H. The van der Waals surface area contributed by atoms with Crippen molar-refractivity contribution in [2.45, 2.75) is 4.90 Å². The largest absolute Gasteiger partial charge is 0.326 e. The van der Waals surface area contributed by atoms with Crippen molar-refractivity contribution in [1.82, 2.24) is 0 Å². The molecule has 0 aliphatic rings. The molecule has 0 aliphatic carbocycles. The molecule has 0 saturated carbocycles. The Bertz CT molecular complexity index is 964. The van der Waals surface area contributed by atoms with Gasteiger partial charge in [0.25, 0.3) is 0 Å². The zero-order chi connectivity index (χ0) is 17.6. The van der Waals surface area contributed by atoms with E-state index in [9.17, 15) is 0 Å². The lowest BCUT2D eigenvalue weighted by atomic mass is 10.1. The van der Waals surface area contributed by atoms with Crippen LogP contribution in [-0.2, 0) is 0 Å². The van der Waals surface area contributed by atoms with Crippen LogP contribution in [0.3, 0.4) is 0 Å². The van der Waals surface area contributed by atoms with Crippen LogP contribution in [-0.4, -0.2) is 0 Å². The molecule has 0 radical (unpaired) electrons. The average Bonchev–Trinajstić information content (AvgIpc) is 2.74. The summed E-state index contributed by atoms with van der Waals surface area (Å²) in [5, 5.41) is 0. The van der Waals surface area contributed by atoms with Gasteiger partial charge >= 0.3 is 0 Å². The summed E-state index contributed by atoms with van der Waals surface area (Å²) in [4.78, 5) is 1.19. The van der Waals surface area contributed by atoms with Gasteiger partial charge in [0.1, 0.15) is 0 Å². The van der Waals surface area contributed by atoms with Crippen molar-refractivity contribution >= 4 is 17.6 Å². The van der Waals surface area contributed by atoms with E-state index in [1.54, 1.807) is 11.9 Å². The fourth-order valence-electron chi connectivity index (χ4n) is 2.86. The van der Waals surface area contributed by atoms with Crippen LogP contribution in [0.25, 0.3) is 22.3 Å². The Balaban J connectivity index is 1.44. The van der Waals surface area contributed by atoms with Gasteiger partial charge in [0.05, 0.1) is 0 Å². The smallest absolute Gasteiger partial charge is 0.0449 e. The van der Waals surface area contributed by atoms with Gasteiger partial charge in [-0.2, -0.15) is 0 Å². The maximum atomic E-state index is 3.45. The van der Waals surface area contributed by atoms with E-state index >= 15 is 0 Å². The zero-order valence-electron chi connectivity index (χ0n) is 14.3. The van der Waals surface area contributed by atoms with Gasteiger partial charge in [0, 0.05) is 10.6 Å². The molecule has 0 aliphatic heterocycles. The third-order valence-corrected chi connectivity index (χ3v) is 5.06. The molecule has 26 heavy (non-hydrogen) atoms. The summed E-state index contributed by atoms with van der Waals surface area (Å²) in [7, 11) is 0. The SMILES string of the molecule is c1ccc(-c2ccc(SNc3cccc(-c4ccccc4)c3)cc2)cc1. The van der Waals surface area contributed by atoms with Gasteiger partial charge < -0.3 is 4.72 Å². The minimum absolute atomic E-state index is 1.10. The lowest BCUT2D eigenvalue weighted by molar-refractivity contribution is 1.46. The van der Waals surface area contributed by atoms with Crippen LogP contribution < -0.4 is 4.72 Å². The topological polar surface area (TPSA) is 12.0 Å². The molecule has 0 atom stereocenters. The monoisotopic (exact) mass is 353 g/mol. The Labute approximate surface area is 158 Å². The van der Waals surface area contributed by atoms with Crippen LogP contribution >= 0.6 is 11.9 Å². The van der Waals surface area contributed by atoms with Crippen molar-refractivity contribution in [3.8, 4) is 22.3 Å². The third-order valence-electron chi connectivity index (χ3n) is 4.22. The second-order valence-corrected chi connectivity index (χ2v) is 6.92. The molecule has 0 spiro atoms. The van der Waals surface area contributed by atoms with Gasteiger partial charge in [0.2, 0.25) is 0 Å². The molecule has 4 rings (SSSR count). The molecule has 4 aromatic carbocycles. The number of benzene rings is 4. The number of hydrogen-bond donors (Lipinski definition) is 1. The molecule has 0 saturated heterocycles. The second kappa shape index (κ2) is 7.94. The van der Waals surface area contributed by atoms with E-state index in [0.29, 0.717) is 0 Å². The molecule has 0 fully saturated rings. The minimum atomic E-state index is 1.10. The van der Waals surface area contributed by atoms with Crippen molar-refractivity contribution < 1.29 is 0 Å². The molecule has 4 aromatic rings. The highest BCUT2D eigenvalue weighted by molar-refractivity contribution is 8.00. The first-order valence-corrected chi connectivity index (χ1v) is 9.44. The van der Waals surface area contributed by atoms with E-state index in [4.69, 9.17) is 0 Å². The van der Waals surface area contributed by atoms with Crippen molar-refractivity contribution in [1.29, 1.82) is 0 Å². The third kappa shape index (κ3) is 3.98. The van der Waals surface area contributed by atoms with Crippen LogP contribution in [0.1, 0.15) is 0 Å². The van der Waals surface area contributed by atoms with E-state index in [-0.39, 0.29) is 0 Å². The molecule has 1 N–H and O–H groups in total. The van der Waals surface area contributed by atoms with E-state index in [2.05, 4.69) is 102 Å². The Morgan fingerprint density at radius 2 is 1.00 bits per heavy atom. The molecule has 0 bridgehead atoms. The van der Waals surface area contributed by atoms with Crippen LogP contribution in [0.2, 0.25) is 0 Å². The second-order valence-electron chi connectivity index (χ2n) is 6.04. The van der Waals surface area contributed by atoms with E-state index in [1.165, 1.54) is 27.1 Å². The number of rotatable bonds is 5. The van der Waals surface area contributed by atoms with Crippen molar-refractivity contribution in [2.75, 3.05) is 4.72 Å². The highest BCUT2D eigenvalue weighted by Gasteiger charge is 2.01. The summed E-state index contributed by atoms with van der Waals surface area (Å²) in [6.45, 7) is 0. The molecule has 1 nitrogen and oxygen atoms in total. The van der Waals surface area contributed by atoms with Gasteiger partial charge in [-0.15, -0.1) is 0 Å². The van der Waals surface area contributed by atoms with Crippen LogP contribution in [0.15, 0.2) is 114 Å². The molecule has 2 heteroatoms. The summed E-state index contributed by atoms with van der Waals surface area (Å²) >= 11 is 1.63. The first-order chi connectivity index (χ1) is 12.9. The summed E-state index contributed by atoms with van der Waals surface area (Å²) in [6, 6.07) is 38.0. The average molecular weight is 353 g/mol. The van der Waals surface area contributed by atoms with Crippen LogP contribution in [0, 0.1) is 0 Å². The Hall–Kier alpha value is -2.97. The predicted molar refractivity (Wildman–Crippen MR) is 113 cm³/mol. The molecule has 0 aromatic heterocycles. The molecular weight excluding hydrogens is 334 g/mol. The van der Waals surface area contributed by atoms with Gasteiger partial charge in [-0.3, -0.25) is 0 Å². The summed E-state index contributed by atoms with van der Waals surface area (Å²) in [6.07, 6.45) is 0. The molecule has 0 unspecified atom stereocenters. The first kappa shape index (κ1) is 16.5. The van der Waals surface area contributed by atoms with Crippen molar-refractivity contribution in [3.05, 3.63) is 109 Å². The van der Waals surface area contributed by atoms with Crippen molar-refractivity contribution in [2.24, 2.45) is 0 Å². The number of nitrogens with one attached hydrogen (secondary N) is 1. The number of anilines is 1. The highest BCUT2D eigenvalue weighted by Crippen LogP contribution is 2.27. The molecule has 0 heterocycles. The van der Waals surface area contributed by atoms with Crippen LogP contribution in [0.4, 0.5) is 5.69 Å². The van der Waals surface area contributed by atoms with E-state index in [0.717, 1.165) is 5.69 Å². The van der Waals surface area contributed by atoms with Crippen LogP contribution in [0.5, 0.6) is 0 Å². The fraction of sp³-hybridized carbons (Fsp3) is 0. The van der Waals surface area contributed by atoms with E-state index in [1.807, 2.05) is 12.1 Å². The highest BCUT2D eigenvalue weighted by atomic mass is 32.2. The summed E-state index contributed by atoms with van der Waals surface area (Å²) < 4.78 is 3.45. The maximum absolute atomic E-state index is 3.45. The Morgan fingerprint density at radius 3 is 1.65 bits per heavy atom. The maximum Gasteiger partial charge on any atom is 0.0449 e. The summed E-state index contributed by atoms with van der Waals surface area (Å²) in [5.41, 5.74) is 6.03. The molecular formula is C24H19NS. The Morgan fingerprint density at radius 1 is 0.462 bits per heavy atom. The quantitative estimate of drug-likeness (QED) is 0.383. The van der Waals surface area contributed by atoms with Gasteiger partial charge in [0.15, 0.2) is 0 Å². The van der Waals surface area contributed by atoms with Crippen molar-refractivity contribution in [3.63, 3.8) is 0 Å². The molecule has 0 amide bonds. The predicted octanol–water partition coefficient (Wildman–Crippen LogP) is 7.14. The van der Waals surface area contributed by atoms with Gasteiger partial charge in [-0.1, -0.05) is 84.9 Å².